The van der Waals surface area contributed by atoms with Crippen LogP contribution in [0.1, 0.15) is 0 Å². The molecular weight excluding hydrogens is 1050 g/mol. The lowest BCUT2D eigenvalue weighted by Gasteiger charge is -2.46. The van der Waals surface area contributed by atoms with E-state index in [0.29, 0.717) is 0 Å². The van der Waals surface area contributed by atoms with E-state index in [1.807, 2.05) is 0 Å². The Kier molecular flexibility index (Phi) is 9.98. The van der Waals surface area contributed by atoms with Gasteiger partial charge in [0.15, 0.2) is 0 Å². The Bertz CT molecular complexity index is 5240. The first-order chi connectivity index (χ1) is 42.7. The average Bonchev–Trinajstić information content (AvgIpc) is 1.28. The first-order valence-corrected chi connectivity index (χ1v) is 29.6. The number of benzene rings is 13. The molecule has 13 aromatic carbocycles. The van der Waals surface area contributed by atoms with E-state index in [2.05, 4.69) is 310 Å². The summed E-state index contributed by atoms with van der Waals surface area (Å²) in [6.07, 6.45) is 0. The lowest BCUT2D eigenvalue weighted by molar-refractivity contribution is 0.488. The van der Waals surface area contributed by atoms with Crippen molar-refractivity contribution in [1.82, 2.24) is 4.57 Å². The number of hydrogen-bond donors (Lipinski definition) is 0. The van der Waals surface area contributed by atoms with Crippen LogP contribution < -0.4 is 52.2 Å². The molecule has 0 radical (unpaired) electrons. The quantitative estimate of drug-likeness (QED) is 0.155. The molecule has 19 rings (SSSR count). The van der Waals surface area contributed by atoms with Crippen molar-refractivity contribution < 1.29 is 9.15 Å². The molecule has 0 atom stereocenters. The van der Waals surface area contributed by atoms with E-state index in [-0.39, 0.29) is 13.4 Å². The standard InChI is InChI=1S/C78H48B2N4O2/c1-6-25-49(26-7-1)54-37-24-38-55(50-27-8-2-9-28-50)76(54)84-65-46-69-61(45-60(65)79-58-39-18-21-42-63(58)83(53-33-14-5-15-34-53)78-73-57-36-17-23-44-68(57)85-70(73)48-67(84)74(78)79)80-59-40-19-22-43-64(59)82(52-31-12-4-13-32-52)77-72-56-35-16-20-41-62(56)81(51-29-10-3-11-30-51)66(72)47-71(86-69)75(77)80/h1-48H. The van der Waals surface area contributed by atoms with E-state index in [1.165, 1.54) is 32.6 Å². The highest BCUT2D eigenvalue weighted by atomic mass is 16.5. The maximum Gasteiger partial charge on any atom is 0.256 e. The molecule has 0 unspecified atom stereocenters. The fourth-order valence-corrected chi connectivity index (χ4v) is 15.2. The van der Waals surface area contributed by atoms with Crippen LogP contribution in [0.2, 0.25) is 0 Å². The summed E-state index contributed by atoms with van der Waals surface area (Å²) in [5, 5.41) is 4.54. The van der Waals surface area contributed by atoms with Crippen LogP contribution in [0, 0.1) is 0 Å². The fourth-order valence-electron chi connectivity index (χ4n) is 15.2. The zero-order valence-corrected chi connectivity index (χ0v) is 46.5. The third-order valence-electron chi connectivity index (χ3n) is 18.6. The molecular formula is C78H48B2N4O2. The third-order valence-corrected chi connectivity index (χ3v) is 18.6. The molecule has 0 bridgehead atoms. The number of nitrogens with zero attached hydrogens (tertiary/aromatic N) is 4. The second-order valence-electron chi connectivity index (χ2n) is 23.0. The van der Waals surface area contributed by atoms with Gasteiger partial charge < -0.3 is 28.4 Å². The Hall–Kier alpha value is -11.2. The van der Waals surface area contributed by atoms with Gasteiger partial charge in [-0.3, -0.25) is 0 Å². The van der Waals surface area contributed by atoms with Crippen molar-refractivity contribution in [2.45, 2.75) is 0 Å². The van der Waals surface area contributed by atoms with Crippen molar-refractivity contribution in [1.29, 1.82) is 0 Å². The number of rotatable bonds is 6. The van der Waals surface area contributed by atoms with E-state index in [1.54, 1.807) is 0 Å². The van der Waals surface area contributed by atoms with Gasteiger partial charge in [0.05, 0.1) is 33.5 Å². The topological polar surface area (TPSA) is 37.0 Å². The minimum absolute atomic E-state index is 0.209. The van der Waals surface area contributed by atoms with Gasteiger partial charge in [0.25, 0.3) is 13.4 Å². The lowest BCUT2D eigenvalue weighted by atomic mass is 9.30. The molecule has 2 aromatic heterocycles. The predicted octanol–water partition coefficient (Wildman–Crippen LogP) is 16.5. The number of anilines is 9. The van der Waals surface area contributed by atoms with Crippen molar-refractivity contribution >= 4 is 141 Å². The molecule has 6 nitrogen and oxygen atoms in total. The fraction of sp³-hybridized carbons (Fsp3) is 0. The van der Waals surface area contributed by atoms with Gasteiger partial charge in [0.2, 0.25) is 0 Å². The molecule has 4 aliphatic heterocycles. The molecule has 0 fully saturated rings. The monoisotopic (exact) mass is 1090 g/mol. The van der Waals surface area contributed by atoms with E-state index >= 15 is 0 Å². The second-order valence-corrected chi connectivity index (χ2v) is 23.0. The van der Waals surface area contributed by atoms with Crippen molar-refractivity contribution in [2.24, 2.45) is 0 Å². The normalized spacial score (nSPS) is 13.3. The van der Waals surface area contributed by atoms with Gasteiger partial charge in [-0.15, -0.1) is 0 Å². The highest BCUT2D eigenvalue weighted by Crippen LogP contribution is 2.55. The molecule has 398 valence electrons. The first-order valence-electron chi connectivity index (χ1n) is 29.6. The zero-order valence-electron chi connectivity index (χ0n) is 46.5. The number of ether oxygens (including phenoxy) is 1. The van der Waals surface area contributed by atoms with Crippen molar-refractivity contribution in [3.8, 4) is 39.4 Å². The molecule has 4 aliphatic rings. The number of furan rings is 1. The summed E-state index contributed by atoms with van der Waals surface area (Å²) in [6.45, 7) is -0.430. The van der Waals surface area contributed by atoms with Gasteiger partial charge >= 0.3 is 0 Å². The molecule has 0 amide bonds. The lowest BCUT2D eigenvalue weighted by Crippen LogP contribution is -2.64. The Morgan fingerprint density at radius 3 is 1.45 bits per heavy atom. The van der Waals surface area contributed by atoms with E-state index in [0.717, 1.165) is 135 Å². The first kappa shape index (κ1) is 47.3. The largest absolute Gasteiger partial charge is 0.458 e. The summed E-state index contributed by atoms with van der Waals surface area (Å²) >= 11 is 0. The van der Waals surface area contributed by atoms with Gasteiger partial charge in [0.1, 0.15) is 22.7 Å². The Morgan fingerprint density at radius 2 is 0.814 bits per heavy atom. The molecule has 86 heavy (non-hydrogen) atoms. The zero-order chi connectivity index (χ0) is 56.1. The summed E-state index contributed by atoms with van der Waals surface area (Å²) in [5.74, 6) is 1.66. The van der Waals surface area contributed by atoms with Crippen LogP contribution in [0.15, 0.2) is 296 Å². The Balaban J connectivity index is 0.976. The summed E-state index contributed by atoms with van der Waals surface area (Å²) < 4.78 is 17.4. The highest BCUT2D eigenvalue weighted by molar-refractivity contribution is 7.03. The highest BCUT2D eigenvalue weighted by Gasteiger charge is 2.49. The Labute approximate surface area is 497 Å². The van der Waals surface area contributed by atoms with Crippen LogP contribution in [0.25, 0.3) is 71.7 Å². The molecule has 8 heteroatoms. The molecule has 0 aliphatic carbocycles. The van der Waals surface area contributed by atoms with Crippen LogP contribution in [-0.4, -0.2) is 18.0 Å². The number of fused-ring (bicyclic) bond motifs is 16. The molecule has 0 saturated carbocycles. The van der Waals surface area contributed by atoms with E-state index < -0.39 is 0 Å². The van der Waals surface area contributed by atoms with E-state index in [4.69, 9.17) is 9.15 Å². The number of aromatic nitrogens is 1. The van der Waals surface area contributed by atoms with Crippen LogP contribution in [-0.2, 0) is 0 Å². The smallest absolute Gasteiger partial charge is 0.256 e. The molecule has 0 saturated heterocycles. The van der Waals surface area contributed by atoms with Gasteiger partial charge in [0, 0.05) is 85.3 Å². The minimum Gasteiger partial charge on any atom is -0.458 e. The third kappa shape index (κ3) is 6.58. The molecule has 15 aromatic rings. The SMILES string of the molecule is c1ccc(-c2cccc(-c3ccccc3)c2N2c3cc4c(cc3B3c5ccccc5N(c5ccccc5)c5c3c2cc2oc3ccccc3c52)B2c3ccccc3N(c3ccccc3)c3c2c(cc2c3c3ccccc3n2-c2ccccc2)O4)cc1. The minimum atomic E-state index is -0.221. The van der Waals surface area contributed by atoms with Gasteiger partial charge in [-0.2, -0.15) is 0 Å². The van der Waals surface area contributed by atoms with E-state index in [9.17, 15) is 0 Å². The van der Waals surface area contributed by atoms with Crippen LogP contribution in [0.5, 0.6) is 11.5 Å². The van der Waals surface area contributed by atoms with Crippen molar-refractivity contribution in [2.75, 3.05) is 14.7 Å². The summed E-state index contributed by atoms with van der Waals surface area (Å²) in [7, 11) is 0. The predicted molar refractivity (Wildman–Crippen MR) is 359 cm³/mol. The maximum atomic E-state index is 7.85. The number of para-hydroxylation sites is 8. The summed E-state index contributed by atoms with van der Waals surface area (Å²) in [6, 6.07) is 106. The Morgan fingerprint density at radius 1 is 0.291 bits per heavy atom. The van der Waals surface area contributed by atoms with Gasteiger partial charge in [-0.1, -0.05) is 212 Å². The van der Waals surface area contributed by atoms with Crippen LogP contribution >= 0.6 is 0 Å². The van der Waals surface area contributed by atoms with Gasteiger partial charge in [-0.05, 0) is 105 Å². The summed E-state index contributed by atoms with van der Waals surface area (Å²) in [4.78, 5) is 7.59. The van der Waals surface area contributed by atoms with Crippen molar-refractivity contribution in [3.05, 3.63) is 291 Å². The average molecular weight is 1090 g/mol. The second kappa shape index (κ2) is 18.1. The maximum absolute atomic E-state index is 7.85. The number of hydrogen-bond acceptors (Lipinski definition) is 5. The molecule has 6 heterocycles. The van der Waals surface area contributed by atoms with Crippen LogP contribution in [0.3, 0.4) is 0 Å². The molecule has 0 spiro atoms. The van der Waals surface area contributed by atoms with Crippen LogP contribution in [0.4, 0.5) is 51.2 Å². The van der Waals surface area contributed by atoms with Crippen molar-refractivity contribution in [3.63, 3.8) is 0 Å². The summed E-state index contributed by atoms with van der Waals surface area (Å²) in [5.41, 5.74) is 26.5. The van der Waals surface area contributed by atoms with Gasteiger partial charge in [-0.25, -0.2) is 0 Å². The molecule has 0 N–H and O–H groups in total.